The zero-order chi connectivity index (χ0) is 13.0. The minimum atomic E-state index is -0.525. The van der Waals surface area contributed by atoms with Gasteiger partial charge in [0.15, 0.2) is 5.84 Å². The number of aliphatic hydroxyl groups excluding tert-OH is 1. The van der Waals surface area contributed by atoms with Crippen LogP contribution in [0.2, 0.25) is 0 Å². The lowest BCUT2D eigenvalue weighted by Crippen LogP contribution is -2.16. The molecule has 1 aromatic carbocycles. The molecule has 1 aromatic rings. The van der Waals surface area contributed by atoms with Crippen LogP contribution < -0.4 is 5.73 Å². The molecule has 0 aliphatic rings. The fourth-order valence-corrected chi connectivity index (χ4v) is 2.03. The van der Waals surface area contributed by atoms with Crippen molar-refractivity contribution in [3.8, 4) is 0 Å². The van der Waals surface area contributed by atoms with E-state index in [1.54, 1.807) is 19.1 Å². The quantitative estimate of drug-likeness (QED) is 0.253. The molecule has 4 N–H and O–H groups in total. The Balaban J connectivity index is 2.91. The number of benzene rings is 1. The van der Waals surface area contributed by atoms with Gasteiger partial charge in [-0.3, -0.25) is 0 Å². The molecule has 0 saturated carbocycles. The summed E-state index contributed by atoms with van der Waals surface area (Å²) in [5.74, 6) is -0.587. The summed E-state index contributed by atoms with van der Waals surface area (Å²) < 4.78 is 13.7. The van der Waals surface area contributed by atoms with E-state index >= 15 is 0 Å². The number of nitrogens with zero attached hydrogens (tertiary/aromatic N) is 1. The summed E-state index contributed by atoms with van der Waals surface area (Å²) in [5, 5.41) is 20.5. The van der Waals surface area contributed by atoms with Crippen molar-refractivity contribution < 1.29 is 14.7 Å². The van der Waals surface area contributed by atoms with Crippen LogP contribution in [-0.4, -0.2) is 27.5 Å². The second-order valence-electron chi connectivity index (χ2n) is 3.69. The van der Waals surface area contributed by atoms with Gasteiger partial charge in [0.1, 0.15) is 5.82 Å². The highest BCUT2D eigenvalue weighted by molar-refractivity contribution is 8.00. The Morgan fingerprint density at radius 1 is 1.47 bits per heavy atom. The van der Waals surface area contributed by atoms with E-state index in [1.807, 2.05) is 6.92 Å². The summed E-state index contributed by atoms with van der Waals surface area (Å²) in [6, 6.07) is 4.31. The van der Waals surface area contributed by atoms with Crippen LogP contribution in [0.4, 0.5) is 4.39 Å². The third-order valence-corrected chi connectivity index (χ3v) is 3.68. The predicted molar refractivity (Wildman–Crippen MR) is 65.9 cm³/mol. The third kappa shape index (κ3) is 3.61. The van der Waals surface area contributed by atoms with Crippen molar-refractivity contribution in [2.24, 2.45) is 10.9 Å². The summed E-state index contributed by atoms with van der Waals surface area (Å²) in [5.41, 5.74) is 5.67. The lowest BCUT2D eigenvalue weighted by atomic mass is 10.2. The van der Waals surface area contributed by atoms with Crippen LogP contribution in [0, 0.1) is 5.82 Å². The number of nitrogens with two attached hydrogens (primary N) is 1. The van der Waals surface area contributed by atoms with Gasteiger partial charge in [-0.25, -0.2) is 4.39 Å². The summed E-state index contributed by atoms with van der Waals surface area (Å²) in [7, 11) is 0. The van der Waals surface area contributed by atoms with Gasteiger partial charge in [-0.1, -0.05) is 12.1 Å². The van der Waals surface area contributed by atoms with Crippen LogP contribution in [0.25, 0.3) is 0 Å². The van der Waals surface area contributed by atoms with Crippen molar-refractivity contribution in [2.75, 3.05) is 0 Å². The van der Waals surface area contributed by atoms with E-state index in [2.05, 4.69) is 5.16 Å². The number of thioether (sulfide) groups is 1. The average Bonchev–Trinajstić information content (AvgIpc) is 2.30. The SMILES string of the molecule is CC(O)C(C)Sc1ccc(/C(N)=N/O)cc1F. The number of amidine groups is 1. The first kappa shape index (κ1) is 13.8. The molecule has 0 heterocycles. The zero-order valence-electron chi connectivity index (χ0n) is 9.59. The first-order valence-corrected chi connectivity index (χ1v) is 5.96. The molecule has 0 radical (unpaired) electrons. The van der Waals surface area contributed by atoms with Crippen LogP contribution in [-0.2, 0) is 0 Å². The van der Waals surface area contributed by atoms with Crippen molar-refractivity contribution in [2.45, 2.75) is 30.1 Å². The van der Waals surface area contributed by atoms with Crippen LogP contribution >= 0.6 is 11.8 Å². The Labute approximate surface area is 103 Å². The Kier molecular flexibility index (Phi) is 4.77. The van der Waals surface area contributed by atoms with E-state index < -0.39 is 11.9 Å². The van der Waals surface area contributed by atoms with Crippen molar-refractivity contribution in [3.05, 3.63) is 29.6 Å². The Hall–Kier alpha value is -1.27. The molecule has 0 aliphatic carbocycles. The van der Waals surface area contributed by atoms with Gasteiger partial charge in [-0.05, 0) is 25.1 Å². The fraction of sp³-hybridized carbons (Fsp3) is 0.364. The number of halogens is 1. The maximum Gasteiger partial charge on any atom is 0.170 e. The number of oxime groups is 1. The minimum absolute atomic E-state index is 0.112. The molecular formula is C11H15FN2O2S. The van der Waals surface area contributed by atoms with Crippen LogP contribution in [0.3, 0.4) is 0 Å². The predicted octanol–water partition coefficient (Wildman–Crippen LogP) is 1.78. The second kappa shape index (κ2) is 5.88. The van der Waals surface area contributed by atoms with Gasteiger partial charge in [-0.2, -0.15) is 0 Å². The Morgan fingerprint density at radius 2 is 2.12 bits per heavy atom. The molecule has 4 nitrogen and oxygen atoms in total. The largest absolute Gasteiger partial charge is 0.409 e. The molecule has 17 heavy (non-hydrogen) atoms. The molecule has 2 unspecified atom stereocenters. The molecule has 0 bridgehead atoms. The van der Waals surface area contributed by atoms with E-state index in [1.165, 1.54) is 17.8 Å². The second-order valence-corrected chi connectivity index (χ2v) is 5.11. The van der Waals surface area contributed by atoms with Crippen molar-refractivity contribution >= 4 is 17.6 Å². The normalized spacial score (nSPS) is 15.6. The van der Waals surface area contributed by atoms with Gasteiger partial charge in [0.05, 0.1) is 6.10 Å². The summed E-state index contributed by atoms with van der Waals surface area (Å²) in [6.45, 7) is 3.46. The lowest BCUT2D eigenvalue weighted by Gasteiger charge is -2.14. The van der Waals surface area contributed by atoms with Crippen LogP contribution in [0.5, 0.6) is 0 Å². The van der Waals surface area contributed by atoms with E-state index in [-0.39, 0.29) is 11.1 Å². The molecule has 6 heteroatoms. The summed E-state index contributed by atoms with van der Waals surface area (Å²) in [4.78, 5) is 0.424. The van der Waals surface area contributed by atoms with E-state index in [4.69, 9.17) is 10.9 Å². The number of hydrogen-bond donors (Lipinski definition) is 3. The standard InChI is InChI=1S/C11H15FN2O2S/c1-6(15)7(2)17-10-4-3-8(5-9(10)12)11(13)14-16/h3-7,15-16H,1-2H3,(H2,13,14). The molecule has 0 amide bonds. The monoisotopic (exact) mass is 258 g/mol. The average molecular weight is 258 g/mol. The van der Waals surface area contributed by atoms with E-state index in [9.17, 15) is 9.50 Å². The van der Waals surface area contributed by atoms with Crippen LogP contribution in [0.1, 0.15) is 19.4 Å². The lowest BCUT2D eigenvalue weighted by molar-refractivity contribution is 0.196. The molecule has 0 aromatic heterocycles. The van der Waals surface area contributed by atoms with Crippen molar-refractivity contribution in [1.82, 2.24) is 0 Å². The molecule has 0 saturated heterocycles. The first-order valence-electron chi connectivity index (χ1n) is 5.08. The molecule has 0 aliphatic heterocycles. The van der Waals surface area contributed by atoms with E-state index in [0.717, 1.165) is 0 Å². The summed E-state index contributed by atoms with van der Waals surface area (Å²) >= 11 is 1.24. The summed E-state index contributed by atoms with van der Waals surface area (Å²) in [6.07, 6.45) is -0.525. The molecular weight excluding hydrogens is 243 g/mol. The fourth-order valence-electron chi connectivity index (χ4n) is 1.11. The number of rotatable bonds is 4. The highest BCUT2D eigenvalue weighted by Crippen LogP contribution is 2.28. The topological polar surface area (TPSA) is 78.8 Å². The maximum atomic E-state index is 13.7. The Morgan fingerprint density at radius 3 is 2.59 bits per heavy atom. The van der Waals surface area contributed by atoms with Crippen molar-refractivity contribution in [1.29, 1.82) is 0 Å². The van der Waals surface area contributed by atoms with Gasteiger partial charge in [0.2, 0.25) is 0 Å². The third-order valence-electron chi connectivity index (χ3n) is 2.33. The van der Waals surface area contributed by atoms with E-state index in [0.29, 0.717) is 10.5 Å². The highest BCUT2D eigenvalue weighted by atomic mass is 32.2. The van der Waals surface area contributed by atoms with Gasteiger partial charge in [0.25, 0.3) is 0 Å². The van der Waals surface area contributed by atoms with Crippen LogP contribution in [0.15, 0.2) is 28.3 Å². The van der Waals surface area contributed by atoms with Gasteiger partial charge in [-0.15, -0.1) is 11.8 Å². The Bertz CT molecular complexity index is 424. The van der Waals surface area contributed by atoms with Crippen molar-refractivity contribution in [3.63, 3.8) is 0 Å². The first-order chi connectivity index (χ1) is 7.95. The zero-order valence-corrected chi connectivity index (χ0v) is 10.4. The van der Waals surface area contributed by atoms with Gasteiger partial charge < -0.3 is 16.0 Å². The number of hydrogen-bond acceptors (Lipinski definition) is 4. The van der Waals surface area contributed by atoms with Gasteiger partial charge >= 0.3 is 0 Å². The smallest absolute Gasteiger partial charge is 0.170 e. The maximum absolute atomic E-state index is 13.7. The van der Waals surface area contributed by atoms with Gasteiger partial charge in [0, 0.05) is 15.7 Å². The number of aliphatic hydroxyl groups is 1. The molecule has 2 atom stereocenters. The molecule has 0 fully saturated rings. The highest BCUT2D eigenvalue weighted by Gasteiger charge is 2.14. The molecule has 0 spiro atoms. The molecule has 94 valence electrons. The molecule has 1 rings (SSSR count). The minimum Gasteiger partial charge on any atom is -0.409 e.